The van der Waals surface area contributed by atoms with E-state index in [9.17, 15) is 36.1 Å². The fourth-order valence-corrected chi connectivity index (χ4v) is 8.23. The van der Waals surface area contributed by atoms with Crippen LogP contribution in [-0.2, 0) is 21.0 Å². The number of halogens is 5. The average molecular weight is 665 g/mol. The minimum absolute atomic E-state index is 0.145. The van der Waals surface area contributed by atoms with Crippen LogP contribution in [0.5, 0.6) is 11.5 Å². The van der Waals surface area contributed by atoms with E-state index in [4.69, 9.17) is 9.84 Å². The monoisotopic (exact) mass is 664 g/mol. The molecule has 0 spiro atoms. The molecule has 2 N–H and O–H groups in total. The summed E-state index contributed by atoms with van der Waals surface area (Å²) in [5.74, 6) is -3.82. The highest BCUT2D eigenvalue weighted by atomic mass is 32.2. The Labute approximate surface area is 262 Å². The van der Waals surface area contributed by atoms with Gasteiger partial charge in [0.1, 0.15) is 11.5 Å². The Morgan fingerprint density at radius 2 is 1.57 bits per heavy atom. The maximum atomic E-state index is 13.0. The lowest BCUT2D eigenvalue weighted by atomic mass is 9.68. The zero-order valence-corrected chi connectivity index (χ0v) is 26.5. The van der Waals surface area contributed by atoms with Crippen LogP contribution in [0.25, 0.3) is 0 Å². The van der Waals surface area contributed by atoms with Crippen LogP contribution in [0.3, 0.4) is 0 Å². The van der Waals surface area contributed by atoms with Crippen molar-refractivity contribution in [3.8, 4) is 11.5 Å². The first-order valence-corrected chi connectivity index (χ1v) is 17.4. The molecule has 1 heterocycles. The van der Waals surface area contributed by atoms with Gasteiger partial charge in [0.25, 0.3) is 0 Å². The number of phenols is 1. The molecule has 12 heteroatoms. The Morgan fingerprint density at radius 3 is 2.20 bits per heavy atom. The van der Waals surface area contributed by atoms with Crippen LogP contribution in [0.2, 0.25) is 0 Å². The molecular weight excluding hydrogens is 623 g/mol. The molecule has 0 aliphatic carbocycles. The molecule has 0 saturated carbocycles. The highest BCUT2D eigenvalue weighted by molar-refractivity contribution is 7.99. The molecule has 0 fully saturated rings. The number of ether oxygens (including phenoxy) is 1. The van der Waals surface area contributed by atoms with E-state index in [-0.39, 0.29) is 22.8 Å². The zero-order valence-electron chi connectivity index (χ0n) is 24.8. The number of aliphatic carboxylic acids is 1. The Morgan fingerprint density at radius 1 is 0.955 bits per heavy atom. The topological polar surface area (TPSA) is 83.8 Å². The number of alkyl halides is 5. The quantitative estimate of drug-likeness (QED) is 0.122. The smallest absolute Gasteiger partial charge is 0.453 e. The minimum atomic E-state index is -5.56. The van der Waals surface area contributed by atoms with Crippen LogP contribution in [0, 0.1) is 0 Å². The SMILES string of the molecule is CC1(c2ccc(O)cc2)CSc2cc(OCC(=O)O)ccc2C1CCCCCCCCCS(=O)CCCC(F)(F)C(F)(F)F. The summed E-state index contributed by atoms with van der Waals surface area (Å²) in [5.41, 5.74) is 2.18. The number of rotatable bonds is 18. The second kappa shape index (κ2) is 16.3. The van der Waals surface area contributed by atoms with Crippen LogP contribution in [0.1, 0.15) is 88.2 Å². The standard InChI is InChI=1S/C32H41F5O5S2/c1-30(23-11-13-24(38)14-12-23)22-43-28-20-25(42-21-29(39)40)15-16-26(28)27(30)10-7-5-3-2-4-6-8-18-44(41)19-9-17-31(33,34)32(35,36)37/h11-16,20,27,38H,2-10,17-19,21-22H2,1H3,(H,39,40). The molecule has 1 aliphatic rings. The first-order chi connectivity index (χ1) is 20.7. The number of hydrogen-bond acceptors (Lipinski definition) is 5. The summed E-state index contributed by atoms with van der Waals surface area (Å²) in [6.07, 6.45) is 0.135. The molecule has 0 radical (unpaired) electrons. The van der Waals surface area contributed by atoms with Gasteiger partial charge in [-0.3, -0.25) is 4.21 Å². The summed E-state index contributed by atoms with van der Waals surface area (Å²) < 4.78 is 80.0. The van der Waals surface area contributed by atoms with Gasteiger partial charge in [0.2, 0.25) is 0 Å². The van der Waals surface area contributed by atoms with E-state index in [1.807, 2.05) is 30.3 Å². The van der Waals surface area contributed by atoms with Gasteiger partial charge < -0.3 is 14.9 Å². The number of aromatic hydroxyl groups is 1. The highest BCUT2D eigenvalue weighted by Crippen LogP contribution is 2.52. The number of fused-ring (bicyclic) bond motifs is 1. The van der Waals surface area contributed by atoms with Crippen LogP contribution >= 0.6 is 11.8 Å². The van der Waals surface area contributed by atoms with Gasteiger partial charge in [-0.15, -0.1) is 11.8 Å². The number of unbranched alkanes of at least 4 members (excludes halogenated alkanes) is 6. The molecule has 1 aliphatic heterocycles. The second-order valence-corrected chi connectivity index (χ2v) is 14.3. The number of hydrogen-bond donors (Lipinski definition) is 2. The van der Waals surface area contributed by atoms with E-state index in [0.717, 1.165) is 61.2 Å². The number of phenolic OH excluding ortho intramolecular Hbond substituents is 1. The summed E-state index contributed by atoms with van der Waals surface area (Å²) in [4.78, 5) is 12.0. The molecule has 0 amide bonds. The van der Waals surface area contributed by atoms with Crippen molar-refractivity contribution < 1.29 is 45.9 Å². The van der Waals surface area contributed by atoms with Crippen molar-refractivity contribution in [2.45, 2.75) is 99.5 Å². The van der Waals surface area contributed by atoms with Crippen molar-refractivity contribution >= 4 is 28.5 Å². The van der Waals surface area contributed by atoms with Crippen LogP contribution in [0.15, 0.2) is 47.4 Å². The van der Waals surface area contributed by atoms with E-state index in [2.05, 4.69) is 6.92 Å². The molecule has 0 aromatic heterocycles. The maximum Gasteiger partial charge on any atom is 0.453 e. The summed E-state index contributed by atoms with van der Waals surface area (Å²) in [6.45, 7) is 1.85. The molecule has 3 rings (SSSR count). The van der Waals surface area contributed by atoms with Crippen molar-refractivity contribution in [3.05, 3.63) is 53.6 Å². The van der Waals surface area contributed by atoms with Gasteiger partial charge in [0.05, 0.1) is 0 Å². The van der Waals surface area contributed by atoms with Crippen molar-refractivity contribution in [1.82, 2.24) is 0 Å². The van der Waals surface area contributed by atoms with E-state index in [1.165, 1.54) is 5.56 Å². The van der Waals surface area contributed by atoms with Gasteiger partial charge in [-0.25, -0.2) is 4.79 Å². The summed E-state index contributed by atoms with van der Waals surface area (Å²) in [5, 5.41) is 18.8. The third-order valence-electron chi connectivity index (χ3n) is 8.19. The third-order valence-corrected chi connectivity index (χ3v) is 11.1. The molecule has 5 nitrogen and oxygen atoms in total. The number of carboxylic acid groups (broad SMARTS) is 1. The Hall–Kier alpha value is -2.34. The fourth-order valence-electron chi connectivity index (χ4n) is 5.63. The lowest BCUT2D eigenvalue weighted by Crippen LogP contribution is -2.36. The zero-order chi connectivity index (χ0) is 32.4. The Kier molecular flexibility index (Phi) is 13.4. The van der Waals surface area contributed by atoms with Crippen LogP contribution in [0.4, 0.5) is 22.0 Å². The van der Waals surface area contributed by atoms with E-state index in [1.54, 1.807) is 23.9 Å². The number of thioether (sulfide) groups is 1. The van der Waals surface area contributed by atoms with E-state index in [0.29, 0.717) is 17.9 Å². The van der Waals surface area contributed by atoms with Crippen molar-refractivity contribution in [2.75, 3.05) is 23.9 Å². The molecule has 3 atom stereocenters. The Bertz CT molecular complexity index is 1240. The van der Waals surface area contributed by atoms with E-state index < -0.39 is 48.3 Å². The molecular formula is C32H41F5O5S2. The Balaban J connectivity index is 1.45. The van der Waals surface area contributed by atoms with Gasteiger partial charge >= 0.3 is 18.1 Å². The summed E-state index contributed by atoms with van der Waals surface area (Å²) in [7, 11) is -1.39. The van der Waals surface area contributed by atoms with E-state index >= 15 is 0 Å². The normalized spacial score (nSPS) is 19.4. The summed E-state index contributed by atoms with van der Waals surface area (Å²) >= 11 is 1.72. The van der Waals surface area contributed by atoms with Crippen molar-refractivity contribution in [2.24, 2.45) is 0 Å². The van der Waals surface area contributed by atoms with Crippen LogP contribution < -0.4 is 4.74 Å². The minimum Gasteiger partial charge on any atom is -0.508 e. The molecule has 246 valence electrons. The highest BCUT2D eigenvalue weighted by Gasteiger charge is 2.56. The molecule has 44 heavy (non-hydrogen) atoms. The van der Waals surface area contributed by atoms with Gasteiger partial charge in [0, 0.05) is 44.8 Å². The third kappa shape index (κ3) is 10.4. The van der Waals surface area contributed by atoms with Gasteiger partial charge in [-0.2, -0.15) is 22.0 Å². The van der Waals surface area contributed by atoms with Gasteiger partial charge in [-0.1, -0.05) is 63.6 Å². The lowest BCUT2D eigenvalue weighted by Gasteiger charge is -2.43. The number of carboxylic acids is 1. The van der Waals surface area contributed by atoms with Crippen LogP contribution in [-0.4, -0.2) is 56.4 Å². The maximum absolute atomic E-state index is 13.0. The fraction of sp³-hybridized carbons (Fsp3) is 0.594. The predicted octanol–water partition coefficient (Wildman–Crippen LogP) is 8.85. The molecule has 0 saturated heterocycles. The van der Waals surface area contributed by atoms with Crippen molar-refractivity contribution in [3.63, 3.8) is 0 Å². The van der Waals surface area contributed by atoms with Gasteiger partial charge in [0.15, 0.2) is 6.61 Å². The number of benzene rings is 2. The molecule has 3 unspecified atom stereocenters. The molecule has 2 aromatic carbocycles. The second-order valence-electron chi connectivity index (χ2n) is 11.6. The first kappa shape index (κ1) is 36.1. The largest absolute Gasteiger partial charge is 0.508 e. The molecule has 2 aromatic rings. The average Bonchev–Trinajstić information content (AvgIpc) is 2.95. The number of carbonyl (C=O) groups is 1. The van der Waals surface area contributed by atoms with Crippen molar-refractivity contribution in [1.29, 1.82) is 0 Å². The lowest BCUT2D eigenvalue weighted by molar-refractivity contribution is -0.284. The molecule has 0 bridgehead atoms. The van der Waals surface area contributed by atoms with Gasteiger partial charge in [-0.05, 0) is 60.6 Å². The predicted molar refractivity (Wildman–Crippen MR) is 164 cm³/mol. The first-order valence-electron chi connectivity index (χ1n) is 14.9. The summed E-state index contributed by atoms with van der Waals surface area (Å²) in [6, 6.07) is 13.1.